The Morgan fingerprint density at radius 2 is 2.20 bits per heavy atom. The maximum atomic E-state index is 12.0. The summed E-state index contributed by atoms with van der Waals surface area (Å²) >= 11 is 0. The molecule has 0 atom stereocenters. The number of rotatable bonds is 2. The summed E-state index contributed by atoms with van der Waals surface area (Å²) in [6.07, 6.45) is 1.23. The number of nitrogens with zero attached hydrogens (tertiary/aromatic N) is 1. The van der Waals surface area contributed by atoms with E-state index in [1.807, 2.05) is 25.1 Å². The van der Waals surface area contributed by atoms with Gasteiger partial charge in [0.15, 0.2) is 0 Å². The highest BCUT2D eigenvalue weighted by atomic mass is 16.5. The molecule has 2 aromatic rings. The lowest BCUT2D eigenvalue weighted by atomic mass is 10.1. The monoisotopic (exact) mass is 268 g/mol. The first-order valence-electron chi connectivity index (χ1n) is 5.89. The number of aryl methyl sites for hydroxylation is 1. The minimum atomic E-state index is -0.767. The number of ether oxygens (including phenoxy) is 1. The van der Waals surface area contributed by atoms with Gasteiger partial charge in [-0.1, -0.05) is 18.2 Å². The molecule has 0 bridgehead atoms. The highest BCUT2D eigenvalue weighted by Gasteiger charge is 2.10. The molecule has 0 amide bonds. The van der Waals surface area contributed by atoms with Gasteiger partial charge in [0, 0.05) is 5.56 Å². The molecule has 0 aliphatic carbocycles. The van der Waals surface area contributed by atoms with Crippen LogP contribution in [-0.4, -0.2) is 18.1 Å². The number of H-pyrrole nitrogens is 1. The van der Waals surface area contributed by atoms with Crippen molar-refractivity contribution < 1.29 is 9.53 Å². The molecule has 100 valence electrons. The normalized spacial score (nSPS) is 11.2. The Morgan fingerprint density at radius 1 is 1.45 bits per heavy atom. The zero-order valence-corrected chi connectivity index (χ0v) is 11.1. The van der Waals surface area contributed by atoms with E-state index >= 15 is 0 Å². The molecular formula is C15H12N2O3. The van der Waals surface area contributed by atoms with Crippen LogP contribution in [0, 0.1) is 18.3 Å². The molecular weight excluding hydrogens is 256 g/mol. The van der Waals surface area contributed by atoms with Gasteiger partial charge in [0.05, 0.1) is 12.6 Å². The molecule has 5 nitrogen and oxygen atoms in total. The SMILES string of the molecule is COC(=O)/C(C#N)=C/c1cc2cccc(C)c2[nH]c1=O. The van der Waals surface area contributed by atoms with E-state index in [9.17, 15) is 9.59 Å². The number of carbonyl (C=O) groups excluding carboxylic acids is 1. The maximum absolute atomic E-state index is 12.0. The summed E-state index contributed by atoms with van der Waals surface area (Å²) in [5.74, 6) is -0.767. The highest BCUT2D eigenvalue weighted by molar-refractivity contribution is 5.98. The average molecular weight is 268 g/mol. The van der Waals surface area contributed by atoms with Gasteiger partial charge in [-0.05, 0) is 30.0 Å². The lowest BCUT2D eigenvalue weighted by Gasteiger charge is -2.03. The van der Waals surface area contributed by atoms with E-state index in [1.54, 1.807) is 12.1 Å². The third kappa shape index (κ3) is 2.45. The summed E-state index contributed by atoms with van der Waals surface area (Å²) in [6, 6.07) is 8.97. The zero-order chi connectivity index (χ0) is 14.7. The third-order valence-corrected chi connectivity index (χ3v) is 2.94. The number of carbonyl (C=O) groups is 1. The Morgan fingerprint density at radius 3 is 2.85 bits per heavy atom. The van der Waals surface area contributed by atoms with Gasteiger partial charge in [-0.15, -0.1) is 0 Å². The molecule has 0 aliphatic rings. The summed E-state index contributed by atoms with van der Waals surface area (Å²) < 4.78 is 4.48. The number of aromatic amines is 1. The second-order valence-electron chi connectivity index (χ2n) is 4.25. The number of hydrogen-bond donors (Lipinski definition) is 1. The second-order valence-corrected chi connectivity index (χ2v) is 4.25. The first-order valence-corrected chi connectivity index (χ1v) is 5.89. The molecule has 0 radical (unpaired) electrons. The fourth-order valence-corrected chi connectivity index (χ4v) is 1.91. The number of fused-ring (bicyclic) bond motifs is 1. The molecule has 0 saturated heterocycles. The predicted molar refractivity (Wildman–Crippen MR) is 74.9 cm³/mol. The van der Waals surface area contributed by atoms with E-state index in [1.165, 1.54) is 13.2 Å². The molecule has 1 N–H and O–H groups in total. The molecule has 0 spiro atoms. The molecule has 0 aliphatic heterocycles. The number of esters is 1. The summed E-state index contributed by atoms with van der Waals surface area (Å²) in [5, 5.41) is 9.74. The molecule has 1 aromatic carbocycles. The van der Waals surface area contributed by atoms with Gasteiger partial charge >= 0.3 is 5.97 Å². The van der Waals surface area contributed by atoms with Gasteiger partial charge in [0.25, 0.3) is 5.56 Å². The molecule has 20 heavy (non-hydrogen) atoms. The molecule has 2 rings (SSSR count). The standard InChI is InChI=1S/C15H12N2O3/c1-9-4-3-5-10-6-11(14(18)17-13(9)10)7-12(8-16)15(19)20-2/h3-7H,1-2H3,(H,17,18)/b12-7+. The Kier molecular flexibility index (Phi) is 3.67. The number of methoxy groups -OCH3 is 1. The van der Waals surface area contributed by atoms with Crippen LogP contribution in [0.2, 0.25) is 0 Å². The van der Waals surface area contributed by atoms with Crippen LogP contribution in [0.25, 0.3) is 17.0 Å². The van der Waals surface area contributed by atoms with Crippen LogP contribution in [0.3, 0.4) is 0 Å². The molecule has 0 unspecified atom stereocenters. The van der Waals surface area contributed by atoms with Crippen LogP contribution >= 0.6 is 0 Å². The van der Waals surface area contributed by atoms with Crippen molar-refractivity contribution in [1.29, 1.82) is 5.26 Å². The lowest BCUT2D eigenvalue weighted by molar-refractivity contribution is -0.135. The predicted octanol–water partition coefficient (Wildman–Crippen LogP) is 1.92. The smallest absolute Gasteiger partial charge is 0.348 e. The van der Waals surface area contributed by atoms with Gasteiger partial charge in [-0.25, -0.2) is 4.79 Å². The highest BCUT2D eigenvalue weighted by Crippen LogP contribution is 2.16. The fraction of sp³-hybridized carbons (Fsp3) is 0.133. The van der Waals surface area contributed by atoms with Crippen molar-refractivity contribution in [2.75, 3.05) is 7.11 Å². The van der Waals surface area contributed by atoms with Crippen molar-refractivity contribution in [1.82, 2.24) is 4.98 Å². The summed E-state index contributed by atoms with van der Waals surface area (Å²) in [7, 11) is 1.18. The van der Waals surface area contributed by atoms with Crippen LogP contribution in [0.5, 0.6) is 0 Å². The van der Waals surface area contributed by atoms with Crippen molar-refractivity contribution >= 4 is 22.9 Å². The van der Waals surface area contributed by atoms with Gasteiger partial charge in [-0.3, -0.25) is 4.79 Å². The number of aromatic nitrogens is 1. The number of pyridine rings is 1. The topological polar surface area (TPSA) is 82.9 Å². The summed E-state index contributed by atoms with van der Waals surface area (Å²) in [4.78, 5) is 26.1. The van der Waals surface area contributed by atoms with E-state index in [0.717, 1.165) is 16.5 Å². The number of hydrogen-bond acceptors (Lipinski definition) is 4. The first kappa shape index (κ1) is 13.6. The Balaban J connectivity index is 2.65. The quantitative estimate of drug-likeness (QED) is 0.512. The van der Waals surface area contributed by atoms with Crippen molar-refractivity contribution in [3.05, 3.63) is 51.3 Å². The summed E-state index contributed by atoms with van der Waals surface area (Å²) in [5.41, 5.74) is 1.35. The van der Waals surface area contributed by atoms with Gasteiger partial charge in [-0.2, -0.15) is 5.26 Å². The Labute approximate surface area is 115 Å². The molecule has 5 heteroatoms. The van der Waals surface area contributed by atoms with E-state index in [2.05, 4.69) is 9.72 Å². The van der Waals surface area contributed by atoms with Gasteiger partial charge in [0.1, 0.15) is 11.6 Å². The lowest BCUT2D eigenvalue weighted by Crippen LogP contribution is -2.11. The number of nitriles is 1. The van der Waals surface area contributed by atoms with E-state index in [0.29, 0.717) is 0 Å². The van der Waals surface area contributed by atoms with E-state index < -0.39 is 5.97 Å². The van der Waals surface area contributed by atoms with Crippen LogP contribution < -0.4 is 5.56 Å². The average Bonchev–Trinajstić information content (AvgIpc) is 2.45. The zero-order valence-electron chi connectivity index (χ0n) is 11.1. The number of para-hydroxylation sites is 1. The van der Waals surface area contributed by atoms with E-state index in [4.69, 9.17) is 5.26 Å². The van der Waals surface area contributed by atoms with Gasteiger partial charge in [0.2, 0.25) is 0 Å². The second kappa shape index (κ2) is 5.41. The van der Waals surface area contributed by atoms with Crippen LogP contribution in [-0.2, 0) is 9.53 Å². The summed E-state index contributed by atoms with van der Waals surface area (Å²) in [6.45, 7) is 1.89. The Bertz CT molecular complexity index is 810. The number of nitrogens with one attached hydrogen (secondary N) is 1. The molecule has 1 aromatic heterocycles. The first-order chi connectivity index (χ1) is 9.56. The fourth-order valence-electron chi connectivity index (χ4n) is 1.91. The molecule has 0 fully saturated rings. The Hall–Kier alpha value is -2.87. The van der Waals surface area contributed by atoms with Crippen molar-refractivity contribution in [2.45, 2.75) is 6.92 Å². The van der Waals surface area contributed by atoms with Crippen LogP contribution in [0.15, 0.2) is 34.6 Å². The van der Waals surface area contributed by atoms with Crippen LogP contribution in [0.1, 0.15) is 11.1 Å². The molecule has 0 saturated carbocycles. The maximum Gasteiger partial charge on any atom is 0.348 e. The van der Waals surface area contributed by atoms with Gasteiger partial charge < -0.3 is 9.72 Å². The van der Waals surface area contributed by atoms with Crippen LogP contribution in [0.4, 0.5) is 0 Å². The van der Waals surface area contributed by atoms with Crippen molar-refractivity contribution in [3.8, 4) is 6.07 Å². The minimum absolute atomic E-state index is 0.218. The van der Waals surface area contributed by atoms with Crippen molar-refractivity contribution in [3.63, 3.8) is 0 Å². The largest absolute Gasteiger partial charge is 0.465 e. The van der Waals surface area contributed by atoms with E-state index in [-0.39, 0.29) is 16.7 Å². The molecule has 1 heterocycles. The third-order valence-electron chi connectivity index (χ3n) is 2.94. The van der Waals surface area contributed by atoms with Crippen molar-refractivity contribution in [2.24, 2.45) is 0 Å². The minimum Gasteiger partial charge on any atom is -0.465 e. The number of benzene rings is 1.